The Bertz CT molecular complexity index is 1090. The van der Waals surface area contributed by atoms with Crippen LogP contribution in [0.4, 0.5) is 0 Å². The van der Waals surface area contributed by atoms with Crippen molar-refractivity contribution in [2.24, 2.45) is 17.8 Å². The number of carbonyl (C=O) groups is 1. The van der Waals surface area contributed by atoms with Gasteiger partial charge in [0.05, 0.1) is 43.8 Å². The second kappa shape index (κ2) is 13.4. The van der Waals surface area contributed by atoms with Crippen molar-refractivity contribution in [1.29, 1.82) is 0 Å². The van der Waals surface area contributed by atoms with Crippen LogP contribution in [0.1, 0.15) is 45.4 Å². The monoisotopic (exact) mass is 642 g/mol. The highest BCUT2D eigenvalue weighted by Crippen LogP contribution is 2.46. The molecule has 0 radical (unpaired) electrons. The number of ketones is 1. The molecule has 9 unspecified atom stereocenters. The van der Waals surface area contributed by atoms with E-state index in [1.165, 1.54) is 17.7 Å². The number of carbonyl (C=O) groups excluding carboxylic acids is 1. The number of rotatable bonds is 7. The summed E-state index contributed by atoms with van der Waals surface area (Å²) in [4.78, 5) is 16.6. The van der Waals surface area contributed by atoms with E-state index in [0.717, 1.165) is 77.5 Å². The van der Waals surface area contributed by atoms with Crippen LogP contribution in [0.3, 0.4) is 0 Å². The Hall–Kier alpha value is -0.390. The second-order valence-electron chi connectivity index (χ2n) is 14.1. The van der Waals surface area contributed by atoms with Crippen LogP contribution in [0.15, 0.2) is 0 Å². The van der Waals surface area contributed by atoms with Crippen LogP contribution < -0.4 is 26.3 Å². The molecule has 0 aromatic rings. The van der Waals surface area contributed by atoms with E-state index in [4.69, 9.17) is 9.47 Å². The first-order valence-electron chi connectivity index (χ1n) is 16.8. The summed E-state index contributed by atoms with van der Waals surface area (Å²) in [6.45, 7) is 8.94. The van der Waals surface area contributed by atoms with Crippen LogP contribution in [0.25, 0.3) is 0 Å². The summed E-state index contributed by atoms with van der Waals surface area (Å²) in [7, 11) is -2.86. The zero-order chi connectivity index (χ0) is 29.6. The number of nitrogens with zero attached hydrogens (tertiary/aromatic N) is 2. The fourth-order valence-corrected chi connectivity index (χ4v) is 11.9. The Balaban J connectivity index is 0.871. The van der Waals surface area contributed by atoms with Crippen molar-refractivity contribution in [2.75, 3.05) is 69.9 Å². The van der Waals surface area contributed by atoms with Crippen LogP contribution >= 0.6 is 11.8 Å². The molecule has 7 rings (SSSR count). The number of quaternary nitrogens is 1. The summed E-state index contributed by atoms with van der Waals surface area (Å²) >= 11 is 1.84. The third-order valence-corrected chi connectivity index (χ3v) is 14.3. The van der Waals surface area contributed by atoms with Crippen LogP contribution in [0.2, 0.25) is 0 Å². The van der Waals surface area contributed by atoms with Gasteiger partial charge in [-0.25, -0.2) is 13.4 Å². The van der Waals surface area contributed by atoms with Crippen molar-refractivity contribution in [3.63, 3.8) is 0 Å². The summed E-state index contributed by atoms with van der Waals surface area (Å²) in [6, 6.07) is 0.814. The first kappa shape index (κ1) is 31.2. The third-order valence-electron chi connectivity index (χ3n) is 11.2. The first-order valence-corrected chi connectivity index (χ1v) is 19.6. The Kier molecular flexibility index (Phi) is 9.72. The molecule has 0 bridgehead atoms. The van der Waals surface area contributed by atoms with E-state index in [2.05, 4.69) is 38.2 Å². The topological polar surface area (TPSA) is 129 Å². The number of thioether (sulfide) groups is 1. The van der Waals surface area contributed by atoms with Crippen molar-refractivity contribution < 1.29 is 27.6 Å². The summed E-state index contributed by atoms with van der Waals surface area (Å²) in [6.07, 6.45) is 6.52. The lowest BCUT2D eigenvalue weighted by molar-refractivity contribution is -0.883. The molecule has 14 heteroatoms. The molecule has 6 saturated heterocycles. The number of morpholine rings is 1. The highest BCUT2D eigenvalue weighted by atomic mass is 32.2. The van der Waals surface area contributed by atoms with Crippen LogP contribution in [-0.2, 0) is 24.1 Å². The minimum atomic E-state index is -2.86. The van der Waals surface area contributed by atoms with Crippen LogP contribution in [0.5, 0.6) is 0 Å². The molecule has 7 aliphatic rings. The average molecular weight is 643 g/mol. The van der Waals surface area contributed by atoms with Gasteiger partial charge >= 0.3 is 0 Å². The predicted molar refractivity (Wildman–Crippen MR) is 165 cm³/mol. The molecule has 6 heterocycles. The molecular formula is C29H52N7O5S2+. The summed E-state index contributed by atoms with van der Waals surface area (Å²) in [5.74, 6) is 3.59. The SMILES string of the molecule is CC1NN(C2CCNC(NC3CCC(C4CSC5C(=O)CC(N6CCOCC6)OC54)CC3)N2)CC1C[NH+]1CCS(=O)(=O)C1. The smallest absolute Gasteiger partial charge is 0.206 e. The predicted octanol–water partition coefficient (Wildman–Crippen LogP) is -1.83. The fourth-order valence-electron chi connectivity index (χ4n) is 8.66. The van der Waals surface area contributed by atoms with Gasteiger partial charge in [-0.15, -0.1) is 11.8 Å². The molecule has 0 aromatic carbocycles. The van der Waals surface area contributed by atoms with E-state index < -0.39 is 9.84 Å². The number of fused-ring (bicyclic) bond motifs is 1. The molecule has 0 aromatic heterocycles. The standard InChI is InChI=1S/C29H51N7O5S2/c1-19-21(15-34-10-13-43(38,39)18-34)16-36(33-19)25-6-7-30-29(32-25)31-22-4-2-20(3-5-22)23-17-42-28-24(37)14-26(41-27(23)28)35-8-11-40-12-9-35/h19-23,25-33H,2-18H2,1H3/p+1. The van der Waals surface area contributed by atoms with E-state index >= 15 is 0 Å². The van der Waals surface area contributed by atoms with Crippen LogP contribution in [-0.4, -0.2) is 136 Å². The van der Waals surface area contributed by atoms with Crippen molar-refractivity contribution in [3.05, 3.63) is 0 Å². The largest absolute Gasteiger partial charge is 0.379 e. The van der Waals surface area contributed by atoms with Crippen LogP contribution in [0, 0.1) is 17.8 Å². The highest BCUT2D eigenvalue weighted by Gasteiger charge is 2.50. The number of ether oxygens (including phenoxy) is 2. The van der Waals surface area contributed by atoms with E-state index in [9.17, 15) is 13.2 Å². The van der Waals surface area contributed by atoms with Crippen molar-refractivity contribution in [2.45, 2.75) is 87.6 Å². The van der Waals surface area contributed by atoms with Gasteiger partial charge < -0.3 is 14.4 Å². The number of nitrogens with one attached hydrogen (secondary N) is 5. The summed E-state index contributed by atoms with van der Waals surface area (Å²) < 4.78 is 36.1. The average Bonchev–Trinajstić information content (AvgIpc) is 3.70. The maximum absolute atomic E-state index is 13.1. The number of hydrogen-bond acceptors (Lipinski definition) is 12. The Labute approximate surface area is 261 Å². The highest BCUT2D eigenvalue weighted by molar-refractivity contribution is 8.01. The van der Waals surface area contributed by atoms with Gasteiger partial charge in [-0.2, -0.15) is 0 Å². The number of Topliss-reactive ketones (excluding diaryl/α,β-unsaturated/α-hetero) is 1. The van der Waals surface area contributed by atoms with Crippen molar-refractivity contribution in [3.8, 4) is 0 Å². The third kappa shape index (κ3) is 7.14. The lowest BCUT2D eigenvalue weighted by Gasteiger charge is -2.43. The van der Waals surface area contributed by atoms with E-state index in [1.807, 2.05) is 11.8 Å². The van der Waals surface area contributed by atoms with Gasteiger partial charge in [-0.05, 0) is 56.6 Å². The second-order valence-corrected chi connectivity index (χ2v) is 17.4. The van der Waals surface area contributed by atoms with Gasteiger partial charge in [0.15, 0.2) is 11.7 Å². The van der Waals surface area contributed by atoms with E-state index in [-0.39, 0.29) is 35.9 Å². The van der Waals surface area contributed by atoms with Crippen molar-refractivity contribution in [1.82, 2.24) is 31.3 Å². The minimum Gasteiger partial charge on any atom is -0.379 e. The minimum absolute atomic E-state index is 0.0250. The molecule has 9 atom stereocenters. The Morgan fingerprint density at radius 2 is 1.95 bits per heavy atom. The molecule has 1 saturated carbocycles. The van der Waals surface area contributed by atoms with E-state index in [0.29, 0.717) is 47.8 Å². The van der Waals surface area contributed by atoms with E-state index in [1.54, 1.807) is 0 Å². The summed E-state index contributed by atoms with van der Waals surface area (Å²) in [5, 5.41) is 13.7. The van der Waals surface area contributed by atoms with Gasteiger partial charge in [-0.1, -0.05) is 0 Å². The van der Waals surface area contributed by atoms with Gasteiger partial charge in [0.1, 0.15) is 18.3 Å². The number of hydrogen-bond donors (Lipinski definition) is 5. The molecule has 1 aliphatic carbocycles. The number of hydrazine groups is 1. The molecule has 5 N–H and O–H groups in total. The maximum atomic E-state index is 13.1. The van der Waals surface area contributed by atoms with Gasteiger partial charge in [0.2, 0.25) is 9.84 Å². The zero-order valence-corrected chi connectivity index (χ0v) is 27.2. The fraction of sp³-hybridized carbons (Fsp3) is 0.966. The molecule has 6 aliphatic heterocycles. The Morgan fingerprint density at radius 1 is 1.14 bits per heavy atom. The molecule has 43 heavy (non-hydrogen) atoms. The lowest BCUT2D eigenvalue weighted by atomic mass is 9.75. The molecular weight excluding hydrogens is 590 g/mol. The first-order chi connectivity index (χ1) is 20.8. The molecule has 7 fully saturated rings. The normalized spacial score (nSPS) is 46.3. The van der Waals surface area contributed by atoms with Gasteiger partial charge in [0.25, 0.3) is 0 Å². The Morgan fingerprint density at radius 3 is 2.72 bits per heavy atom. The molecule has 244 valence electrons. The zero-order valence-electron chi connectivity index (χ0n) is 25.5. The van der Waals surface area contributed by atoms with Crippen molar-refractivity contribution >= 4 is 27.4 Å². The maximum Gasteiger partial charge on any atom is 0.206 e. The van der Waals surface area contributed by atoms with Gasteiger partial charge in [-0.3, -0.25) is 31.1 Å². The van der Waals surface area contributed by atoms with Gasteiger partial charge in [0, 0.05) is 50.6 Å². The molecule has 0 spiro atoms. The molecule has 12 nitrogen and oxygen atoms in total. The lowest BCUT2D eigenvalue weighted by Crippen LogP contribution is -3.11. The quantitative estimate of drug-likeness (QED) is 0.214. The summed E-state index contributed by atoms with van der Waals surface area (Å²) in [5.41, 5.74) is 3.68. The molecule has 0 amide bonds. The number of sulfone groups is 1.